The fourth-order valence-electron chi connectivity index (χ4n) is 2.59. The van der Waals surface area contributed by atoms with Gasteiger partial charge in [0, 0.05) is 30.2 Å². The third kappa shape index (κ3) is 4.71. The van der Waals surface area contributed by atoms with Crippen LogP contribution in [0.2, 0.25) is 10.0 Å². The third-order valence-electron chi connectivity index (χ3n) is 3.82. The van der Waals surface area contributed by atoms with Gasteiger partial charge in [0.15, 0.2) is 11.5 Å². The highest BCUT2D eigenvalue weighted by atomic mass is 35.5. The lowest BCUT2D eigenvalue weighted by molar-refractivity contribution is 0.174. The number of ether oxygens (including phenoxy) is 2. The maximum absolute atomic E-state index is 12.2. The molecule has 2 aromatic carbocycles. The van der Waals surface area contributed by atoms with Crippen molar-refractivity contribution >= 4 is 29.2 Å². The summed E-state index contributed by atoms with van der Waals surface area (Å²) >= 11 is 11.9. The molecule has 132 valence electrons. The van der Waals surface area contributed by atoms with Crippen molar-refractivity contribution in [2.75, 3.05) is 20.4 Å². The number of rotatable bonds is 5. The number of hydrogen-bond acceptors (Lipinski definition) is 3. The zero-order valence-corrected chi connectivity index (χ0v) is 15.2. The van der Waals surface area contributed by atoms with Crippen molar-refractivity contribution in [2.24, 2.45) is 0 Å². The van der Waals surface area contributed by atoms with Crippen molar-refractivity contribution in [2.45, 2.75) is 13.0 Å². The summed E-state index contributed by atoms with van der Waals surface area (Å²) < 4.78 is 10.6. The predicted molar refractivity (Wildman–Crippen MR) is 97.6 cm³/mol. The largest absolute Gasteiger partial charge is 0.454 e. The maximum atomic E-state index is 12.2. The number of amides is 2. The zero-order chi connectivity index (χ0) is 17.8. The Balaban J connectivity index is 1.49. The third-order valence-corrected chi connectivity index (χ3v) is 4.25. The first-order chi connectivity index (χ1) is 12.0. The van der Waals surface area contributed by atoms with Crippen molar-refractivity contribution in [3.05, 3.63) is 57.6 Å². The Bertz CT molecular complexity index is 763. The van der Waals surface area contributed by atoms with Crippen LogP contribution in [0.5, 0.6) is 11.5 Å². The highest BCUT2D eigenvalue weighted by Gasteiger charge is 2.15. The molecule has 0 aromatic heterocycles. The lowest BCUT2D eigenvalue weighted by Gasteiger charge is -2.18. The lowest BCUT2D eigenvalue weighted by atomic mass is 10.1. The van der Waals surface area contributed by atoms with E-state index in [9.17, 15) is 4.79 Å². The molecule has 25 heavy (non-hydrogen) atoms. The number of carbonyl (C=O) groups excluding carboxylic acids is 1. The minimum Gasteiger partial charge on any atom is -0.454 e. The highest BCUT2D eigenvalue weighted by molar-refractivity contribution is 6.34. The van der Waals surface area contributed by atoms with Crippen LogP contribution in [-0.2, 0) is 13.0 Å². The Morgan fingerprint density at radius 1 is 1.08 bits per heavy atom. The smallest absolute Gasteiger partial charge is 0.317 e. The van der Waals surface area contributed by atoms with Crippen molar-refractivity contribution in [3.8, 4) is 11.5 Å². The molecule has 0 radical (unpaired) electrons. The fourth-order valence-corrected chi connectivity index (χ4v) is 3.16. The van der Waals surface area contributed by atoms with Crippen molar-refractivity contribution < 1.29 is 14.3 Å². The van der Waals surface area contributed by atoms with Gasteiger partial charge >= 0.3 is 6.03 Å². The number of hydrogen-bond donors (Lipinski definition) is 1. The van der Waals surface area contributed by atoms with Gasteiger partial charge in [0.25, 0.3) is 0 Å². The number of halogens is 2. The van der Waals surface area contributed by atoms with Crippen molar-refractivity contribution in [1.29, 1.82) is 0 Å². The Labute approximate surface area is 156 Å². The molecule has 5 nitrogen and oxygen atoms in total. The monoisotopic (exact) mass is 380 g/mol. The van der Waals surface area contributed by atoms with Gasteiger partial charge in [-0.3, -0.25) is 0 Å². The van der Waals surface area contributed by atoms with Gasteiger partial charge in [-0.05, 0) is 47.9 Å². The molecule has 0 saturated carbocycles. The van der Waals surface area contributed by atoms with Gasteiger partial charge in [0.05, 0.1) is 0 Å². The number of nitrogens with zero attached hydrogens (tertiary/aromatic N) is 1. The van der Waals surface area contributed by atoms with Crippen LogP contribution in [0.15, 0.2) is 36.4 Å². The van der Waals surface area contributed by atoms with E-state index >= 15 is 0 Å². The highest BCUT2D eigenvalue weighted by Crippen LogP contribution is 2.32. The second-order valence-corrected chi connectivity index (χ2v) is 6.68. The van der Waals surface area contributed by atoms with Crippen LogP contribution in [0.25, 0.3) is 0 Å². The Morgan fingerprint density at radius 2 is 1.80 bits per heavy atom. The standard InChI is InChI=1S/C18H18Cl2N2O3/c1-22(10-13-2-3-16-17(8-13)25-11-24-16)18(23)21-5-4-12-6-14(19)9-15(20)7-12/h2-3,6-9H,4-5,10-11H2,1H3,(H,21,23). The molecule has 2 amide bonds. The van der Waals surface area contributed by atoms with Gasteiger partial charge < -0.3 is 19.7 Å². The molecular weight excluding hydrogens is 363 g/mol. The molecule has 2 aromatic rings. The first-order valence-electron chi connectivity index (χ1n) is 7.84. The Hall–Kier alpha value is -2.11. The average Bonchev–Trinajstić information content (AvgIpc) is 3.01. The van der Waals surface area contributed by atoms with Crippen LogP contribution in [0.4, 0.5) is 4.79 Å². The molecule has 0 saturated heterocycles. The van der Waals surface area contributed by atoms with Crippen LogP contribution >= 0.6 is 23.2 Å². The van der Waals surface area contributed by atoms with E-state index in [4.69, 9.17) is 32.7 Å². The van der Waals surface area contributed by atoms with Crippen LogP contribution in [0.3, 0.4) is 0 Å². The summed E-state index contributed by atoms with van der Waals surface area (Å²) in [5.41, 5.74) is 1.96. The summed E-state index contributed by atoms with van der Waals surface area (Å²) in [6.07, 6.45) is 0.657. The molecule has 1 aliphatic rings. The summed E-state index contributed by atoms with van der Waals surface area (Å²) in [4.78, 5) is 13.8. The van der Waals surface area contributed by atoms with Gasteiger partial charge in [0.2, 0.25) is 6.79 Å². The van der Waals surface area contributed by atoms with Gasteiger partial charge in [-0.1, -0.05) is 29.3 Å². The first-order valence-corrected chi connectivity index (χ1v) is 8.59. The van der Waals surface area contributed by atoms with E-state index in [1.807, 2.05) is 30.3 Å². The minimum atomic E-state index is -0.147. The summed E-state index contributed by atoms with van der Waals surface area (Å²) in [6, 6.07) is 10.9. The van der Waals surface area contributed by atoms with Crippen LogP contribution in [-0.4, -0.2) is 31.3 Å². The number of benzene rings is 2. The fraction of sp³-hybridized carbons (Fsp3) is 0.278. The molecule has 1 heterocycles. The van der Waals surface area contributed by atoms with Gasteiger partial charge in [0.1, 0.15) is 0 Å². The van der Waals surface area contributed by atoms with E-state index in [2.05, 4.69) is 5.32 Å². The van der Waals surface area contributed by atoms with E-state index in [1.165, 1.54) is 0 Å². The van der Waals surface area contributed by atoms with E-state index in [0.717, 1.165) is 16.9 Å². The SMILES string of the molecule is CN(Cc1ccc2c(c1)OCO2)C(=O)NCCc1cc(Cl)cc(Cl)c1. The van der Waals surface area contributed by atoms with Crippen molar-refractivity contribution in [1.82, 2.24) is 10.2 Å². The molecule has 0 bridgehead atoms. The summed E-state index contributed by atoms with van der Waals surface area (Å²) in [7, 11) is 1.75. The minimum absolute atomic E-state index is 0.147. The van der Waals surface area contributed by atoms with Crippen LogP contribution in [0.1, 0.15) is 11.1 Å². The maximum Gasteiger partial charge on any atom is 0.317 e. The molecule has 0 unspecified atom stereocenters. The molecule has 3 rings (SSSR count). The molecule has 0 aliphatic carbocycles. The van der Waals surface area contributed by atoms with E-state index in [-0.39, 0.29) is 12.8 Å². The molecule has 0 spiro atoms. The summed E-state index contributed by atoms with van der Waals surface area (Å²) in [6.45, 7) is 1.22. The molecule has 7 heteroatoms. The molecule has 1 aliphatic heterocycles. The number of urea groups is 1. The number of carbonyl (C=O) groups is 1. The summed E-state index contributed by atoms with van der Waals surface area (Å²) in [5, 5.41) is 4.07. The predicted octanol–water partition coefficient (Wildman–Crippen LogP) is 4.11. The summed E-state index contributed by atoms with van der Waals surface area (Å²) in [5.74, 6) is 1.44. The first kappa shape index (κ1) is 17.7. The molecule has 0 fully saturated rings. The van der Waals surface area contributed by atoms with E-state index in [1.54, 1.807) is 18.0 Å². The number of fused-ring (bicyclic) bond motifs is 1. The topological polar surface area (TPSA) is 50.8 Å². The van der Waals surface area contributed by atoms with Gasteiger partial charge in [-0.15, -0.1) is 0 Å². The lowest BCUT2D eigenvalue weighted by Crippen LogP contribution is -2.37. The van der Waals surface area contributed by atoms with Crippen molar-refractivity contribution in [3.63, 3.8) is 0 Å². The van der Waals surface area contributed by atoms with E-state index < -0.39 is 0 Å². The molecule has 0 atom stereocenters. The molecule has 1 N–H and O–H groups in total. The molecular formula is C18H18Cl2N2O3. The average molecular weight is 381 g/mol. The number of nitrogens with one attached hydrogen (secondary N) is 1. The van der Waals surface area contributed by atoms with Gasteiger partial charge in [-0.25, -0.2) is 4.79 Å². The van der Waals surface area contributed by atoms with Crippen LogP contribution < -0.4 is 14.8 Å². The second-order valence-electron chi connectivity index (χ2n) is 5.80. The van der Waals surface area contributed by atoms with E-state index in [0.29, 0.717) is 35.3 Å². The van der Waals surface area contributed by atoms with Crippen LogP contribution in [0, 0.1) is 0 Å². The normalized spacial score (nSPS) is 12.1. The Morgan fingerprint density at radius 3 is 2.56 bits per heavy atom. The second kappa shape index (κ2) is 7.85. The quantitative estimate of drug-likeness (QED) is 0.848. The van der Waals surface area contributed by atoms with Gasteiger partial charge in [-0.2, -0.15) is 0 Å². The zero-order valence-electron chi connectivity index (χ0n) is 13.7. The Kier molecular flexibility index (Phi) is 5.56.